The second kappa shape index (κ2) is 14.9. The SMILES string of the molecule is Cc1nc(-c2[c-]cccc2)c(C)n1C.Cc1nc(-c2[c-]cccc2)c(C)n1C.Cc1nc(-c2[c-]cccc2)c(C)n1C.[Ir+3]. The van der Waals surface area contributed by atoms with Crippen LogP contribution in [0.2, 0.25) is 0 Å². The van der Waals surface area contributed by atoms with Crippen molar-refractivity contribution in [2.24, 2.45) is 21.1 Å². The maximum Gasteiger partial charge on any atom is 3.00 e. The third-order valence-electron chi connectivity index (χ3n) is 7.71. The second-order valence-electron chi connectivity index (χ2n) is 10.3. The Balaban J connectivity index is 0.000000175. The van der Waals surface area contributed by atoms with Crippen LogP contribution in [0.25, 0.3) is 33.8 Å². The van der Waals surface area contributed by atoms with Crippen molar-refractivity contribution in [3.05, 3.63) is 126 Å². The summed E-state index contributed by atoms with van der Waals surface area (Å²) < 4.78 is 6.28. The largest absolute Gasteiger partial charge is 3.00 e. The maximum absolute atomic E-state index is 4.51. The van der Waals surface area contributed by atoms with E-state index in [4.69, 9.17) is 0 Å². The van der Waals surface area contributed by atoms with Crippen LogP contribution in [0.1, 0.15) is 34.6 Å². The third-order valence-corrected chi connectivity index (χ3v) is 7.71. The molecule has 6 nitrogen and oxygen atoms in total. The summed E-state index contributed by atoms with van der Waals surface area (Å²) in [5.74, 6) is 3.11. The fourth-order valence-corrected chi connectivity index (χ4v) is 4.55. The van der Waals surface area contributed by atoms with Gasteiger partial charge in [-0.2, -0.15) is 0 Å². The van der Waals surface area contributed by atoms with Gasteiger partial charge in [0, 0.05) is 38.2 Å². The molecular weight excluding hydrogens is 709 g/mol. The molecule has 0 aliphatic carbocycles. The molecule has 222 valence electrons. The number of hydrogen-bond acceptors (Lipinski definition) is 3. The van der Waals surface area contributed by atoms with Crippen molar-refractivity contribution in [2.75, 3.05) is 0 Å². The minimum absolute atomic E-state index is 0. The summed E-state index contributed by atoms with van der Waals surface area (Å²) in [6, 6.07) is 33.4. The molecule has 0 fully saturated rings. The first kappa shape index (κ1) is 33.4. The molecule has 0 unspecified atom stereocenters. The van der Waals surface area contributed by atoms with Crippen molar-refractivity contribution in [1.82, 2.24) is 28.7 Å². The number of benzene rings is 3. The van der Waals surface area contributed by atoms with E-state index in [1.807, 2.05) is 115 Å². The number of rotatable bonds is 3. The summed E-state index contributed by atoms with van der Waals surface area (Å²) in [6.07, 6.45) is 0. The Bertz CT molecular complexity index is 1540. The van der Waals surface area contributed by atoms with Gasteiger partial charge >= 0.3 is 20.1 Å². The molecule has 0 radical (unpaired) electrons. The fourth-order valence-electron chi connectivity index (χ4n) is 4.55. The Morgan fingerprint density at radius 1 is 0.442 bits per heavy atom. The predicted molar refractivity (Wildman–Crippen MR) is 171 cm³/mol. The number of aromatic nitrogens is 6. The zero-order valence-corrected chi connectivity index (χ0v) is 28.8. The van der Waals surface area contributed by atoms with Gasteiger partial charge in [-0.1, -0.05) is 0 Å². The van der Waals surface area contributed by atoms with Crippen LogP contribution in [0.5, 0.6) is 0 Å². The molecule has 3 heterocycles. The van der Waals surface area contributed by atoms with Gasteiger partial charge in [-0.25, -0.2) is 0 Å². The van der Waals surface area contributed by atoms with Crippen molar-refractivity contribution < 1.29 is 20.1 Å². The van der Waals surface area contributed by atoms with E-state index in [9.17, 15) is 0 Å². The molecule has 6 rings (SSSR count). The Morgan fingerprint density at radius 2 is 0.698 bits per heavy atom. The number of hydrogen-bond donors (Lipinski definition) is 0. The monoisotopic (exact) mass is 748 g/mol. The van der Waals surface area contributed by atoms with Gasteiger partial charge in [-0.05, 0) is 58.6 Å². The molecule has 7 heteroatoms. The summed E-state index contributed by atoms with van der Waals surface area (Å²) in [6.45, 7) is 12.3. The zero-order chi connectivity index (χ0) is 30.4. The summed E-state index contributed by atoms with van der Waals surface area (Å²) in [4.78, 5) is 13.5. The average molecular weight is 748 g/mol. The van der Waals surface area contributed by atoms with Crippen molar-refractivity contribution >= 4 is 0 Å². The molecule has 43 heavy (non-hydrogen) atoms. The van der Waals surface area contributed by atoms with Gasteiger partial charge in [0.2, 0.25) is 0 Å². The Kier molecular flexibility index (Phi) is 11.6. The average Bonchev–Trinajstić information content (AvgIpc) is 3.55. The van der Waals surface area contributed by atoms with Crippen LogP contribution in [-0.4, -0.2) is 28.7 Å². The van der Waals surface area contributed by atoms with Crippen LogP contribution in [0.15, 0.2) is 72.8 Å². The molecule has 3 aromatic heterocycles. The van der Waals surface area contributed by atoms with Crippen molar-refractivity contribution in [1.29, 1.82) is 0 Å². The summed E-state index contributed by atoms with van der Waals surface area (Å²) in [5.41, 5.74) is 9.85. The van der Waals surface area contributed by atoms with Crippen molar-refractivity contribution in [3.63, 3.8) is 0 Å². The van der Waals surface area contributed by atoms with E-state index < -0.39 is 0 Å². The van der Waals surface area contributed by atoms with E-state index in [1.54, 1.807) is 0 Å². The van der Waals surface area contributed by atoms with Gasteiger partial charge in [-0.15, -0.1) is 108 Å². The van der Waals surface area contributed by atoms with Crippen molar-refractivity contribution in [2.45, 2.75) is 41.5 Å². The van der Waals surface area contributed by atoms with Gasteiger partial charge < -0.3 is 13.7 Å². The molecule has 0 atom stereocenters. The van der Waals surface area contributed by atoms with E-state index in [0.29, 0.717) is 0 Å². The number of imidazole rings is 3. The molecule has 0 saturated heterocycles. The van der Waals surface area contributed by atoms with E-state index in [2.05, 4.69) is 67.6 Å². The molecule has 0 saturated carbocycles. The van der Waals surface area contributed by atoms with Gasteiger partial charge in [0.1, 0.15) is 0 Å². The second-order valence-corrected chi connectivity index (χ2v) is 10.3. The fraction of sp³-hybridized carbons (Fsp3) is 0.250. The van der Waals surface area contributed by atoms with Gasteiger partial charge in [0.25, 0.3) is 0 Å². The summed E-state index contributed by atoms with van der Waals surface area (Å²) >= 11 is 0. The van der Waals surface area contributed by atoms with Crippen LogP contribution < -0.4 is 0 Å². The summed E-state index contributed by atoms with van der Waals surface area (Å²) in [7, 11) is 6.10. The van der Waals surface area contributed by atoms with E-state index in [1.165, 1.54) is 17.1 Å². The normalized spacial score (nSPS) is 10.3. The summed E-state index contributed by atoms with van der Waals surface area (Å²) in [5, 5.41) is 0. The quantitative estimate of drug-likeness (QED) is 0.176. The standard InChI is InChI=1S/3C12H13N2.Ir/c3*1-9-12(13-10(2)14(9)3)11-7-5-4-6-8-11;/h3*4-7H,1-3H3;/q3*-1;+3. The Labute approximate surface area is 269 Å². The Hall–Kier alpha value is -4.06. The molecule has 0 spiro atoms. The molecule has 0 bridgehead atoms. The van der Waals surface area contributed by atoms with Gasteiger partial charge in [-0.3, -0.25) is 15.0 Å². The van der Waals surface area contributed by atoms with Crippen LogP contribution in [0, 0.1) is 59.7 Å². The topological polar surface area (TPSA) is 53.5 Å². The number of aryl methyl sites for hydroxylation is 3. The van der Waals surface area contributed by atoms with E-state index >= 15 is 0 Å². The smallest absolute Gasteiger partial charge is 0.344 e. The van der Waals surface area contributed by atoms with Crippen LogP contribution in [0.4, 0.5) is 0 Å². The van der Waals surface area contributed by atoms with Crippen LogP contribution in [0.3, 0.4) is 0 Å². The molecular formula is C36H39IrN6. The van der Waals surface area contributed by atoms with Gasteiger partial charge in [0.15, 0.2) is 0 Å². The van der Waals surface area contributed by atoms with Crippen LogP contribution in [-0.2, 0) is 41.2 Å². The first-order valence-electron chi connectivity index (χ1n) is 14.0. The third kappa shape index (κ3) is 7.67. The molecule has 0 N–H and O–H groups in total. The molecule has 0 aliphatic heterocycles. The first-order chi connectivity index (χ1) is 20.1. The van der Waals surface area contributed by atoms with Crippen molar-refractivity contribution in [3.8, 4) is 33.8 Å². The molecule has 0 aliphatic rings. The number of nitrogens with zero attached hydrogens (tertiary/aromatic N) is 6. The van der Waals surface area contributed by atoms with Crippen LogP contribution >= 0.6 is 0 Å². The maximum atomic E-state index is 4.51. The van der Waals surface area contributed by atoms with Gasteiger partial charge in [0.05, 0.1) is 17.5 Å². The van der Waals surface area contributed by atoms with E-state index in [0.717, 1.165) is 51.2 Å². The van der Waals surface area contributed by atoms with E-state index in [-0.39, 0.29) is 20.1 Å². The minimum atomic E-state index is 0. The molecule has 0 amide bonds. The zero-order valence-electron chi connectivity index (χ0n) is 26.4. The molecule has 3 aromatic carbocycles. The minimum Gasteiger partial charge on any atom is -0.344 e. The molecule has 6 aromatic rings. The predicted octanol–water partition coefficient (Wildman–Crippen LogP) is 7.51. The Morgan fingerprint density at radius 3 is 0.860 bits per heavy atom. The first-order valence-corrected chi connectivity index (χ1v) is 14.0.